The summed E-state index contributed by atoms with van der Waals surface area (Å²) in [6.45, 7) is 1.92. The van der Waals surface area contributed by atoms with Gasteiger partial charge in [0.15, 0.2) is 5.43 Å². The highest BCUT2D eigenvalue weighted by atomic mass is 16.3. The molecule has 0 aliphatic carbocycles. The van der Waals surface area contributed by atoms with E-state index in [1.54, 1.807) is 0 Å². The molecule has 0 unspecified atom stereocenters. The Morgan fingerprint density at radius 1 is 1.67 bits per heavy atom. The van der Waals surface area contributed by atoms with Crippen molar-refractivity contribution in [1.82, 2.24) is 0 Å². The summed E-state index contributed by atoms with van der Waals surface area (Å²) in [4.78, 5) is 10.8. The zero-order valence-corrected chi connectivity index (χ0v) is 5.26. The Morgan fingerprint density at radius 2 is 2.44 bits per heavy atom. The summed E-state index contributed by atoms with van der Waals surface area (Å²) < 4.78 is 4.78. The van der Waals surface area contributed by atoms with Crippen LogP contribution in [0.15, 0.2) is 27.8 Å². The summed E-state index contributed by atoms with van der Waals surface area (Å²) in [7, 11) is 0. The Kier molecular flexibility index (Phi) is 1.68. The third-order valence-electron chi connectivity index (χ3n) is 1.21. The normalized spacial score (nSPS) is 9.44. The van der Waals surface area contributed by atoms with Crippen molar-refractivity contribution in [3.05, 3.63) is 34.4 Å². The third kappa shape index (κ3) is 1.19. The van der Waals surface area contributed by atoms with Gasteiger partial charge in [0.25, 0.3) is 0 Å². The molecule has 0 fully saturated rings. The average molecular weight is 124 g/mol. The van der Waals surface area contributed by atoms with E-state index in [0.29, 0.717) is 0 Å². The van der Waals surface area contributed by atoms with E-state index in [2.05, 4.69) is 0 Å². The summed E-state index contributed by atoms with van der Waals surface area (Å²) in [5.74, 6) is 0. The van der Waals surface area contributed by atoms with Crippen molar-refractivity contribution in [2.45, 2.75) is 13.3 Å². The summed E-state index contributed by atoms with van der Waals surface area (Å²) in [5, 5.41) is 0. The lowest BCUT2D eigenvalue weighted by Crippen LogP contribution is -2.03. The van der Waals surface area contributed by atoms with Gasteiger partial charge in [-0.15, -0.1) is 0 Å². The van der Waals surface area contributed by atoms with Crippen LogP contribution < -0.4 is 5.43 Å². The van der Waals surface area contributed by atoms with Crippen LogP contribution >= 0.6 is 0 Å². The molecule has 0 radical (unpaired) electrons. The minimum atomic E-state index is 0.0590. The Bertz CT molecular complexity index is 237. The van der Waals surface area contributed by atoms with Crippen molar-refractivity contribution in [3.8, 4) is 0 Å². The molecule has 0 N–H and O–H groups in total. The van der Waals surface area contributed by atoms with Gasteiger partial charge >= 0.3 is 0 Å². The molecule has 0 amide bonds. The largest absolute Gasteiger partial charge is 0.472 e. The molecule has 0 saturated heterocycles. The van der Waals surface area contributed by atoms with Crippen LogP contribution in [0.2, 0.25) is 0 Å². The van der Waals surface area contributed by atoms with Crippen molar-refractivity contribution >= 4 is 0 Å². The van der Waals surface area contributed by atoms with Crippen molar-refractivity contribution in [2.24, 2.45) is 0 Å². The second-order valence-electron chi connectivity index (χ2n) is 1.80. The zero-order valence-electron chi connectivity index (χ0n) is 5.26. The number of hydrogen-bond acceptors (Lipinski definition) is 2. The summed E-state index contributed by atoms with van der Waals surface area (Å²) >= 11 is 0. The van der Waals surface area contributed by atoms with E-state index in [4.69, 9.17) is 4.42 Å². The van der Waals surface area contributed by atoms with Crippen LogP contribution in [0.5, 0.6) is 0 Å². The molecule has 2 heteroatoms. The first kappa shape index (κ1) is 6.08. The van der Waals surface area contributed by atoms with Crippen LogP contribution in [-0.4, -0.2) is 0 Å². The topological polar surface area (TPSA) is 30.2 Å². The second kappa shape index (κ2) is 2.49. The Balaban J connectivity index is 3.16. The minimum Gasteiger partial charge on any atom is -0.472 e. The third-order valence-corrected chi connectivity index (χ3v) is 1.21. The van der Waals surface area contributed by atoms with E-state index in [9.17, 15) is 4.79 Å². The van der Waals surface area contributed by atoms with Gasteiger partial charge in [-0.3, -0.25) is 4.79 Å². The molecule has 1 rings (SSSR count). The van der Waals surface area contributed by atoms with Gasteiger partial charge in [-0.1, -0.05) is 6.92 Å². The maximum atomic E-state index is 10.8. The SMILES string of the molecule is CCc1coccc1=O. The van der Waals surface area contributed by atoms with Crippen molar-refractivity contribution in [3.63, 3.8) is 0 Å². The summed E-state index contributed by atoms with van der Waals surface area (Å²) in [6, 6.07) is 1.43. The molecule has 48 valence electrons. The maximum absolute atomic E-state index is 10.8. The average Bonchev–Trinajstić information content (AvgIpc) is 1.89. The first-order chi connectivity index (χ1) is 4.34. The fraction of sp³-hybridized carbons (Fsp3) is 0.286. The molecule has 0 aromatic carbocycles. The van der Waals surface area contributed by atoms with E-state index in [0.717, 1.165) is 12.0 Å². The van der Waals surface area contributed by atoms with Gasteiger partial charge in [0.2, 0.25) is 0 Å². The summed E-state index contributed by atoms with van der Waals surface area (Å²) in [5.41, 5.74) is 0.793. The van der Waals surface area contributed by atoms with E-state index < -0.39 is 0 Å². The fourth-order valence-electron chi connectivity index (χ4n) is 0.645. The second-order valence-corrected chi connectivity index (χ2v) is 1.80. The Labute approximate surface area is 53.1 Å². The van der Waals surface area contributed by atoms with Crippen LogP contribution in [0.4, 0.5) is 0 Å². The molecule has 1 aromatic rings. The van der Waals surface area contributed by atoms with Crippen LogP contribution in [-0.2, 0) is 6.42 Å². The molecule has 0 spiro atoms. The van der Waals surface area contributed by atoms with Gasteiger partial charge in [0.05, 0.1) is 12.5 Å². The first-order valence-electron chi connectivity index (χ1n) is 2.90. The molecular weight excluding hydrogens is 116 g/mol. The minimum absolute atomic E-state index is 0.0590. The molecule has 0 bridgehead atoms. The Hall–Kier alpha value is -1.05. The van der Waals surface area contributed by atoms with Crippen LogP contribution in [0, 0.1) is 0 Å². The first-order valence-corrected chi connectivity index (χ1v) is 2.90. The molecule has 1 heterocycles. The molecule has 0 atom stereocenters. The van der Waals surface area contributed by atoms with Crippen LogP contribution in [0.3, 0.4) is 0 Å². The van der Waals surface area contributed by atoms with Gasteiger partial charge in [0.1, 0.15) is 0 Å². The fourth-order valence-corrected chi connectivity index (χ4v) is 0.645. The highest BCUT2D eigenvalue weighted by Crippen LogP contribution is 1.89. The predicted octanol–water partition coefficient (Wildman–Crippen LogP) is 1.20. The molecule has 0 aliphatic rings. The lowest BCUT2D eigenvalue weighted by molar-refractivity contribution is 0.540. The highest BCUT2D eigenvalue weighted by Gasteiger charge is 1.91. The van der Waals surface area contributed by atoms with Gasteiger partial charge in [0, 0.05) is 11.6 Å². The van der Waals surface area contributed by atoms with Gasteiger partial charge < -0.3 is 4.42 Å². The predicted molar refractivity (Wildman–Crippen MR) is 34.4 cm³/mol. The van der Waals surface area contributed by atoms with Crippen LogP contribution in [0.25, 0.3) is 0 Å². The number of aryl methyl sites for hydroxylation is 1. The molecule has 2 nitrogen and oxygen atoms in total. The van der Waals surface area contributed by atoms with E-state index >= 15 is 0 Å². The van der Waals surface area contributed by atoms with Crippen molar-refractivity contribution in [1.29, 1.82) is 0 Å². The summed E-state index contributed by atoms with van der Waals surface area (Å²) in [6.07, 6.45) is 3.62. The maximum Gasteiger partial charge on any atom is 0.187 e. The monoisotopic (exact) mass is 124 g/mol. The lowest BCUT2D eigenvalue weighted by Gasteiger charge is -1.88. The van der Waals surface area contributed by atoms with Crippen molar-refractivity contribution in [2.75, 3.05) is 0 Å². The van der Waals surface area contributed by atoms with E-state index in [1.807, 2.05) is 6.92 Å². The molecular formula is C7H8O2. The van der Waals surface area contributed by atoms with E-state index in [1.165, 1.54) is 18.6 Å². The zero-order chi connectivity index (χ0) is 6.69. The standard InChI is InChI=1S/C7H8O2/c1-2-6-5-9-4-3-7(6)8/h3-5H,2H2,1H3. The van der Waals surface area contributed by atoms with Gasteiger partial charge in [-0.25, -0.2) is 0 Å². The lowest BCUT2D eigenvalue weighted by atomic mass is 10.2. The molecule has 0 aliphatic heterocycles. The van der Waals surface area contributed by atoms with Gasteiger partial charge in [-0.2, -0.15) is 0 Å². The smallest absolute Gasteiger partial charge is 0.187 e. The quantitative estimate of drug-likeness (QED) is 0.563. The Morgan fingerprint density at radius 3 is 2.89 bits per heavy atom. The van der Waals surface area contributed by atoms with E-state index in [-0.39, 0.29) is 5.43 Å². The molecule has 0 saturated carbocycles. The molecule has 9 heavy (non-hydrogen) atoms. The number of hydrogen-bond donors (Lipinski definition) is 0. The number of rotatable bonds is 1. The van der Waals surface area contributed by atoms with Crippen molar-refractivity contribution < 1.29 is 4.42 Å². The van der Waals surface area contributed by atoms with Gasteiger partial charge in [-0.05, 0) is 6.42 Å². The highest BCUT2D eigenvalue weighted by molar-refractivity contribution is 5.05. The van der Waals surface area contributed by atoms with Crippen LogP contribution in [0.1, 0.15) is 12.5 Å². The molecule has 1 aromatic heterocycles.